The molecule has 0 aliphatic heterocycles. The molecule has 1 amide bonds. The van der Waals surface area contributed by atoms with Crippen molar-refractivity contribution in [3.63, 3.8) is 0 Å². The van der Waals surface area contributed by atoms with Gasteiger partial charge in [-0.1, -0.05) is 6.92 Å². The number of nitrogens with one attached hydrogen (secondary N) is 1. The van der Waals surface area contributed by atoms with Gasteiger partial charge in [0, 0.05) is 5.92 Å². The second-order valence-corrected chi connectivity index (χ2v) is 1.99. The molecule has 0 saturated heterocycles. The molecule has 9 heavy (non-hydrogen) atoms. The van der Waals surface area contributed by atoms with Crippen LogP contribution in [0.15, 0.2) is 0 Å². The molecule has 1 unspecified atom stereocenters. The van der Waals surface area contributed by atoms with E-state index < -0.39 is 0 Å². The van der Waals surface area contributed by atoms with Gasteiger partial charge < -0.3 is 5.73 Å². The van der Waals surface area contributed by atoms with E-state index in [-0.39, 0.29) is 11.8 Å². The Balaban J connectivity index is 3.45. The molecule has 0 aliphatic carbocycles. The highest BCUT2D eigenvalue weighted by atomic mass is 16.2. The fourth-order valence-corrected chi connectivity index (χ4v) is 0.523. The van der Waals surface area contributed by atoms with E-state index in [4.69, 9.17) is 11.6 Å². The topological polar surface area (TPSA) is 81.1 Å². The predicted octanol–water partition coefficient (Wildman–Crippen LogP) is -1.04. The molecule has 0 radical (unpaired) electrons. The number of hydrogen-bond donors (Lipinski definition) is 3. The Morgan fingerprint density at radius 1 is 1.78 bits per heavy atom. The summed E-state index contributed by atoms with van der Waals surface area (Å²) in [6, 6.07) is 0. The van der Waals surface area contributed by atoms with Crippen molar-refractivity contribution in [3.05, 3.63) is 0 Å². The quantitative estimate of drug-likeness (QED) is 0.260. The Kier molecular flexibility index (Phi) is 4.00. The van der Waals surface area contributed by atoms with Crippen LogP contribution in [0, 0.1) is 5.92 Å². The molecule has 0 heterocycles. The minimum absolute atomic E-state index is 0.0694. The van der Waals surface area contributed by atoms with Gasteiger partial charge in [-0.25, -0.2) is 5.84 Å². The second-order valence-electron chi connectivity index (χ2n) is 1.99. The van der Waals surface area contributed by atoms with Crippen LogP contribution in [0.2, 0.25) is 0 Å². The second kappa shape index (κ2) is 4.29. The number of amides is 1. The third kappa shape index (κ3) is 3.05. The lowest BCUT2D eigenvalue weighted by atomic mass is 10.1. The molecule has 0 aromatic rings. The van der Waals surface area contributed by atoms with Crippen LogP contribution < -0.4 is 17.0 Å². The van der Waals surface area contributed by atoms with Gasteiger partial charge in [-0.2, -0.15) is 0 Å². The molecule has 54 valence electrons. The summed E-state index contributed by atoms with van der Waals surface area (Å²) in [5, 5.41) is 0. The van der Waals surface area contributed by atoms with Crippen LogP contribution in [0.4, 0.5) is 0 Å². The highest BCUT2D eigenvalue weighted by molar-refractivity contribution is 5.77. The number of nitrogens with two attached hydrogens (primary N) is 2. The smallest absolute Gasteiger partial charge is 0.236 e. The van der Waals surface area contributed by atoms with Crippen molar-refractivity contribution in [3.8, 4) is 0 Å². The summed E-state index contributed by atoms with van der Waals surface area (Å²) in [5.74, 6) is 4.64. The molecule has 0 spiro atoms. The van der Waals surface area contributed by atoms with Crippen LogP contribution in [0.1, 0.15) is 13.3 Å². The molecule has 0 aromatic heterocycles. The molecule has 0 saturated carbocycles. The Morgan fingerprint density at radius 3 is 2.67 bits per heavy atom. The van der Waals surface area contributed by atoms with Gasteiger partial charge in [0.05, 0.1) is 0 Å². The molecule has 4 heteroatoms. The monoisotopic (exact) mass is 131 g/mol. The van der Waals surface area contributed by atoms with Gasteiger partial charge >= 0.3 is 0 Å². The van der Waals surface area contributed by atoms with Crippen LogP contribution in [0.3, 0.4) is 0 Å². The third-order valence-corrected chi connectivity index (χ3v) is 1.19. The van der Waals surface area contributed by atoms with Crippen LogP contribution in [0.5, 0.6) is 0 Å². The maximum Gasteiger partial charge on any atom is 0.236 e. The third-order valence-electron chi connectivity index (χ3n) is 1.19. The predicted molar refractivity (Wildman–Crippen MR) is 35.2 cm³/mol. The maximum absolute atomic E-state index is 10.6. The van der Waals surface area contributed by atoms with E-state index in [0.29, 0.717) is 13.0 Å². The van der Waals surface area contributed by atoms with Crippen LogP contribution in [0.25, 0.3) is 0 Å². The number of rotatable bonds is 3. The van der Waals surface area contributed by atoms with Crippen molar-refractivity contribution < 1.29 is 4.79 Å². The molecular weight excluding hydrogens is 118 g/mol. The Bertz CT molecular complexity index is 94.2. The van der Waals surface area contributed by atoms with E-state index in [1.807, 2.05) is 0 Å². The molecule has 4 nitrogen and oxygen atoms in total. The van der Waals surface area contributed by atoms with E-state index >= 15 is 0 Å². The maximum atomic E-state index is 10.6. The molecule has 0 aromatic carbocycles. The molecule has 5 N–H and O–H groups in total. The average Bonchev–Trinajstić information content (AvgIpc) is 1.87. The molecular formula is C5H13N3O. The van der Waals surface area contributed by atoms with E-state index in [9.17, 15) is 4.79 Å². The van der Waals surface area contributed by atoms with Crippen molar-refractivity contribution in [1.82, 2.24) is 5.43 Å². The largest absolute Gasteiger partial charge is 0.330 e. The first kappa shape index (κ1) is 8.39. The van der Waals surface area contributed by atoms with Gasteiger partial charge in [0.25, 0.3) is 0 Å². The van der Waals surface area contributed by atoms with Crippen molar-refractivity contribution >= 4 is 5.91 Å². The Hall–Kier alpha value is -0.610. The summed E-state index contributed by atoms with van der Waals surface area (Å²) in [4.78, 5) is 10.6. The van der Waals surface area contributed by atoms with Crippen molar-refractivity contribution in [2.75, 3.05) is 6.54 Å². The van der Waals surface area contributed by atoms with Gasteiger partial charge in [-0.15, -0.1) is 0 Å². The first-order chi connectivity index (χ1) is 4.22. The van der Waals surface area contributed by atoms with Gasteiger partial charge in [-0.05, 0) is 13.0 Å². The summed E-state index contributed by atoms with van der Waals surface area (Å²) in [6.07, 6.45) is 0.684. The van der Waals surface area contributed by atoms with Crippen molar-refractivity contribution in [2.24, 2.45) is 17.5 Å². The van der Waals surface area contributed by atoms with Crippen molar-refractivity contribution in [1.29, 1.82) is 0 Å². The lowest BCUT2D eigenvalue weighted by Crippen LogP contribution is -2.35. The van der Waals surface area contributed by atoms with Crippen LogP contribution >= 0.6 is 0 Å². The first-order valence-electron chi connectivity index (χ1n) is 2.93. The summed E-state index contributed by atoms with van der Waals surface area (Å²) in [6.45, 7) is 2.31. The van der Waals surface area contributed by atoms with E-state index in [2.05, 4.69) is 5.43 Å². The molecule has 0 aliphatic rings. The molecule has 0 bridgehead atoms. The van der Waals surface area contributed by atoms with E-state index in [1.165, 1.54) is 0 Å². The van der Waals surface area contributed by atoms with E-state index in [0.717, 1.165) is 0 Å². The minimum Gasteiger partial charge on any atom is -0.330 e. The summed E-state index contributed by atoms with van der Waals surface area (Å²) >= 11 is 0. The van der Waals surface area contributed by atoms with Gasteiger partial charge in [0.2, 0.25) is 5.91 Å². The van der Waals surface area contributed by atoms with Gasteiger partial charge in [-0.3, -0.25) is 10.2 Å². The van der Waals surface area contributed by atoms with Crippen LogP contribution in [-0.4, -0.2) is 12.5 Å². The normalized spacial score (nSPS) is 12.8. The van der Waals surface area contributed by atoms with Crippen molar-refractivity contribution in [2.45, 2.75) is 13.3 Å². The summed E-state index contributed by atoms with van der Waals surface area (Å²) < 4.78 is 0. The fourth-order valence-electron chi connectivity index (χ4n) is 0.523. The lowest BCUT2D eigenvalue weighted by Gasteiger charge is -2.05. The zero-order valence-electron chi connectivity index (χ0n) is 5.55. The minimum atomic E-state index is -0.152. The van der Waals surface area contributed by atoms with Gasteiger partial charge in [0.15, 0.2) is 0 Å². The first-order valence-corrected chi connectivity index (χ1v) is 2.93. The summed E-state index contributed by atoms with van der Waals surface area (Å²) in [7, 11) is 0. The zero-order chi connectivity index (χ0) is 7.28. The molecule has 0 rings (SSSR count). The number of carbonyl (C=O) groups excluding carboxylic acids is 1. The number of carbonyl (C=O) groups is 1. The number of hydrogen-bond acceptors (Lipinski definition) is 3. The fraction of sp³-hybridized carbons (Fsp3) is 0.800. The standard InChI is InChI=1S/C5H13N3O/c1-4(2-3-6)5(9)8-7/h4H,2-3,6-7H2,1H3,(H,8,9). The Labute approximate surface area is 54.6 Å². The Morgan fingerprint density at radius 2 is 2.33 bits per heavy atom. The van der Waals surface area contributed by atoms with Crippen LogP contribution in [-0.2, 0) is 4.79 Å². The highest BCUT2D eigenvalue weighted by Gasteiger charge is 2.08. The van der Waals surface area contributed by atoms with Gasteiger partial charge in [0.1, 0.15) is 0 Å². The average molecular weight is 131 g/mol. The highest BCUT2D eigenvalue weighted by Crippen LogP contribution is 1.97. The SMILES string of the molecule is CC(CCN)C(=O)NN. The zero-order valence-corrected chi connectivity index (χ0v) is 5.55. The van der Waals surface area contributed by atoms with E-state index in [1.54, 1.807) is 6.92 Å². The summed E-state index contributed by atoms with van der Waals surface area (Å²) in [5.41, 5.74) is 7.26. The number of hydrazine groups is 1. The molecule has 0 fully saturated rings. The molecule has 1 atom stereocenters. The lowest BCUT2D eigenvalue weighted by molar-refractivity contribution is -0.124.